The van der Waals surface area contributed by atoms with Crippen molar-refractivity contribution in [2.45, 2.75) is 13.0 Å². The fourth-order valence-corrected chi connectivity index (χ4v) is 1.24. The van der Waals surface area contributed by atoms with Gasteiger partial charge >= 0.3 is 0 Å². The first-order valence-corrected chi connectivity index (χ1v) is 4.53. The van der Waals surface area contributed by atoms with E-state index in [2.05, 4.69) is 0 Å². The van der Waals surface area contributed by atoms with Gasteiger partial charge in [-0.05, 0) is 19.1 Å². The minimum atomic E-state index is -0.864. The van der Waals surface area contributed by atoms with Crippen LogP contribution in [0.3, 0.4) is 0 Å². The molecule has 1 aromatic carbocycles. The summed E-state index contributed by atoms with van der Waals surface area (Å²) in [6.45, 7) is 2.11. The smallest absolute Gasteiger partial charge is 0.171 e. The predicted octanol–water partition coefficient (Wildman–Crippen LogP) is 3.08. The third kappa shape index (κ3) is 2.44. The van der Waals surface area contributed by atoms with Crippen molar-refractivity contribution in [1.29, 1.82) is 5.26 Å². The summed E-state index contributed by atoms with van der Waals surface area (Å²) in [7, 11) is 0. The maximum absolute atomic E-state index is 13.3. The van der Waals surface area contributed by atoms with Gasteiger partial charge in [-0.25, -0.2) is 4.39 Å². The zero-order valence-electron chi connectivity index (χ0n) is 7.63. The van der Waals surface area contributed by atoms with Crippen LogP contribution in [-0.4, -0.2) is 6.61 Å². The molecule has 1 atom stereocenters. The van der Waals surface area contributed by atoms with Crippen molar-refractivity contribution in [3.63, 3.8) is 0 Å². The Kier molecular flexibility index (Phi) is 3.87. The Balaban J connectivity index is 3.00. The monoisotopic (exact) mass is 213 g/mol. The quantitative estimate of drug-likeness (QED) is 0.773. The molecule has 0 aliphatic heterocycles. The van der Waals surface area contributed by atoms with Crippen LogP contribution < -0.4 is 0 Å². The summed E-state index contributed by atoms with van der Waals surface area (Å²) in [6.07, 6.45) is -0.864. The first-order chi connectivity index (χ1) is 6.69. The Morgan fingerprint density at radius 2 is 2.36 bits per heavy atom. The van der Waals surface area contributed by atoms with Crippen LogP contribution in [0.25, 0.3) is 0 Å². The Bertz CT molecular complexity index is 362. The van der Waals surface area contributed by atoms with Crippen molar-refractivity contribution in [3.05, 3.63) is 34.6 Å². The highest BCUT2D eigenvalue weighted by molar-refractivity contribution is 6.30. The Morgan fingerprint density at radius 1 is 1.64 bits per heavy atom. The van der Waals surface area contributed by atoms with E-state index in [1.807, 2.05) is 6.07 Å². The second kappa shape index (κ2) is 4.94. The Morgan fingerprint density at radius 3 is 2.86 bits per heavy atom. The van der Waals surface area contributed by atoms with Crippen LogP contribution in [0.1, 0.15) is 18.6 Å². The van der Waals surface area contributed by atoms with Crippen LogP contribution in [-0.2, 0) is 4.74 Å². The molecule has 0 bridgehead atoms. The second-order valence-corrected chi connectivity index (χ2v) is 3.07. The van der Waals surface area contributed by atoms with Gasteiger partial charge in [-0.15, -0.1) is 0 Å². The largest absolute Gasteiger partial charge is 0.359 e. The topological polar surface area (TPSA) is 33.0 Å². The van der Waals surface area contributed by atoms with Crippen LogP contribution in [0.2, 0.25) is 5.02 Å². The van der Waals surface area contributed by atoms with E-state index in [1.165, 1.54) is 18.2 Å². The lowest BCUT2D eigenvalue weighted by Gasteiger charge is -2.10. The molecular weight excluding hydrogens is 205 g/mol. The van der Waals surface area contributed by atoms with Crippen molar-refractivity contribution in [3.8, 4) is 6.07 Å². The lowest BCUT2D eigenvalue weighted by molar-refractivity contribution is 0.0993. The van der Waals surface area contributed by atoms with Gasteiger partial charge in [0, 0.05) is 17.2 Å². The zero-order chi connectivity index (χ0) is 10.6. The molecule has 0 heterocycles. The van der Waals surface area contributed by atoms with Gasteiger partial charge in [0.15, 0.2) is 6.10 Å². The molecule has 14 heavy (non-hydrogen) atoms. The van der Waals surface area contributed by atoms with Gasteiger partial charge in [-0.2, -0.15) is 5.26 Å². The van der Waals surface area contributed by atoms with E-state index in [1.54, 1.807) is 6.92 Å². The van der Waals surface area contributed by atoms with Crippen LogP contribution in [0.4, 0.5) is 4.39 Å². The van der Waals surface area contributed by atoms with E-state index in [4.69, 9.17) is 21.6 Å². The molecule has 1 unspecified atom stereocenters. The van der Waals surface area contributed by atoms with E-state index in [-0.39, 0.29) is 5.56 Å². The van der Waals surface area contributed by atoms with Crippen molar-refractivity contribution >= 4 is 11.6 Å². The number of hydrogen-bond donors (Lipinski definition) is 0. The lowest BCUT2D eigenvalue weighted by Crippen LogP contribution is -2.03. The van der Waals surface area contributed by atoms with Crippen LogP contribution in [0.5, 0.6) is 0 Å². The standard InChI is InChI=1S/C10H9ClFNO/c1-2-14-10(6-13)8-4-3-7(11)5-9(8)12/h3-5,10H,2H2,1H3. The summed E-state index contributed by atoms with van der Waals surface area (Å²) in [6, 6.07) is 6.03. The number of benzene rings is 1. The molecule has 0 saturated carbocycles. The minimum Gasteiger partial charge on any atom is -0.359 e. The van der Waals surface area contributed by atoms with E-state index in [9.17, 15) is 4.39 Å². The third-order valence-corrected chi connectivity index (χ3v) is 1.93. The first-order valence-electron chi connectivity index (χ1n) is 4.15. The van der Waals surface area contributed by atoms with Crippen molar-refractivity contribution in [2.24, 2.45) is 0 Å². The van der Waals surface area contributed by atoms with E-state index in [0.717, 1.165) is 0 Å². The maximum atomic E-state index is 13.3. The van der Waals surface area contributed by atoms with Gasteiger partial charge in [0.1, 0.15) is 5.82 Å². The van der Waals surface area contributed by atoms with Crippen molar-refractivity contribution in [2.75, 3.05) is 6.61 Å². The van der Waals surface area contributed by atoms with Crippen LogP contribution in [0, 0.1) is 17.1 Å². The summed E-state index contributed by atoms with van der Waals surface area (Å²) in [4.78, 5) is 0. The van der Waals surface area contributed by atoms with Gasteiger partial charge < -0.3 is 4.74 Å². The summed E-state index contributed by atoms with van der Waals surface area (Å²) < 4.78 is 18.3. The Labute approximate surface area is 86.9 Å². The molecule has 0 spiro atoms. The van der Waals surface area contributed by atoms with Gasteiger partial charge in [0.25, 0.3) is 0 Å². The molecule has 0 radical (unpaired) electrons. The third-order valence-electron chi connectivity index (χ3n) is 1.70. The second-order valence-electron chi connectivity index (χ2n) is 2.63. The summed E-state index contributed by atoms with van der Waals surface area (Å²) in [5.74, 6) is -0.516. The van der Waals surface area contributed by atoms with E-state index < -0.39 is 11.9 Å². The SMILES string of the molecule is CCOC(C#N)c1ccc(Cl)cc1F. The van der Waals surface area contributed by atoms with Gasteiger partial charge in [0.05, 0.1) is 6.07 Å². The number of ether oxygens (including phenoxy) is 1. The van der Waals surface area contributed by atoms with Crippen molar-refractivity contribution < 1.29 is 9.13 Å². The lowest BCUT2D eigenvalue weighted by atomic mass is 10.1. The normalized spacial score (nSPS) is 12.1. The molecule has 2 nitrogen and oxygen atoms in total. The van der Waals surface area contributed by atoms with E-state index in [0.29, 0.717) is 11.6 Å². The molecule has 4 heteroatoms. The van der Waals surface area contributed by atoms with Crippen LogP contribution >= 0.6 is 11.6 Å². The molecule has 0 N–H and O–H groups in total. The summed E-state index contributed by atoms with van der Waals surface area (Å²) in [5.41, 5.74) is 0.221. The fraction of sp³-hybridized carbons (Fsp3) is 0.300. The average Bonchev–Trinajstić information content (AvgIpc) is 2.15. The number of rotatable bonds is 3. The highest BCUT2D eigenvalue weighted by Crippen LogP contribution is 2.22. The maximum Gasteiger partial charge on any atom is 0.171 e. The first kappa shape index (κ1) is 11.0. The molecule has 74 valence electrons. The number of nitrogens with zero attached hydrogens (tertiary/aromatic N) is 1. The molecule has 0 aromatic heterocycles. The molecule has 0 saturated heterocycles. The summed E-state index contributed by atoms with van der Waals surface area (Å²) in [5, 5.41) is 9.03. The molecule has 0 amide bonds. The summed E-state index contributed by atoms with van der Waals surface area (Å²) >= 11 is 5.58. The van der Waals surface area contributed by atoms with Gasteiger partial charge in [-0.3, -0.25) is 0 Å². The molecule has 1 aromatic rings. The van der Waals surface area contributed by atoms with Crippen molar-refractivity contribution in [1.82, 2.24) is 0 Å². The van der Waals surface area contributed by atoms with Crippen LogP contribution in [0.15, 0.2) is 18.2 Å². The Hall–Kier alpha value is -1.11. The molecule has 1 rings (SSSR count). The molecule has 0 aliphatic carbocycles. The average molecular weight is 214 g/mol. The predicted molar refractivity (Wildman–Crippen MR) is 51.4 cm³/mol. The molecular formula is C10H9ClFNO. The number of nitriles is 1. The fourth-order valence-electron chi connectivity index (χ4n) is 1.08. The minimum absolute atomic E-state index is 0.221. The van der Waals surface area contributed by atoms with Gasteiger partial charge in [-0.1, -0.05) is 17.7 Å². The highest BCUT2D eigenvalue weighted by atomic mass is 35.5. The zero-order valence-corrected chi connectivity index (χ0v) is 8.38. The number of halogens is 2. The van der Waals surface area contributed by atoms with E-state index >= 15 is 0 Å². The number of hydrogen-bond acceptors (Lipinski definition) is 2. The molecule has 0 fully saturated rings. The molecule has 0 aliphatic rings. The highest BCUT2D eigenvalue weighted by Gasteiger charge is 2.14. The van der Waals surface area contributed by atoms with Gasteiger partial charge in [0.2, 0.25) is 0 Å².